The van der Waals surface area contributed by atoms with E-state index in [4.69, 9.17) is 9.47 Å². The second-order valence-electron chi connectivity index (χ2n) is 6.88. The Labute approximate surface area is 163 Å². The fraction of sp³-hybridized carbons (Fsp3) is 0.286. The van der Waals surface area contributed by atoms with Crippen LogP contribution in [-0.2, 0) is 20.1 Å². The van der Waals surface area contributed by atoms with Crippen molar-refractivity contribution in [2.75, 3.05) is 6.79 Å². The van der Waals surface area contributed by atoms with Gasteiger partial charge in [0.2, 0.25) is 6.79 Å². The fourth-order valence-corrected chi connectivity index (χ4v) is 3.41. The van der Waals surface area contributed by atoms with Crippen molar-refractivity contribution in [3.63, 3.8) is 0 Å². The van der Waals surface area contributed by atoms with Crippen molar-refractivity contribution in [3.8, 4) is 11.5 Å². The number of rotatable bonds is 5. The molecule has 144 valence electrons. The lowest BCUT2D eigenvalue weighted by Gasteiger charge is -2.23. The van der Waals surface area contributed by atoms with Crippen LogP contribution in [-0.4, -0.2) is 32.4 Å². The molecule has 0 spiro atoms. The topological polar surface area (TPSA) is 69.5 Å². The minimum Gasteiger partial charge on any atom is -0.454 e. The second-order valence-corrected chi connectivity index (χ2v) is 6.88. The van der Waals surface area contributed by atoms with Gasteiger partial charge >= 0.3 is 0 Å². The Morgan fingerprint density at radius 1 is 1.14 bits per heavy atom. The maximum Gasteiger partial charge on any atom is 0.258 e. The number of carbonyl (C=O) groups is 1. The number of fused-ring (bicyclic) bond motifs is 1. The van der Waals surface area contributed by atoms with Crippen LogP contribution in [0.15, 0.2) is 42.7 Å². The van der Waals surface area contributed by atoms with E-state index in [2.05, 4.69) is 10.1 Å². The third kappa shape index (κ3) is 3.43. The number of amides is 1. The third-order valence-corrected chi connectivity index (χ3v) is 4.92. The predicted octanol–water partition coefficient (Wildman–Crippen LogP) is 3.00. The number of nitrogens with zero attached hydrogens (tertiary/aromatic N) is 4. The average Bonchev–Trinajstić information content (AvgIpc) is 3.25. The van der Waals surface area contributed by atoms with Crippen LogP contribution in [0, 0.1) is 13.8 Å². The molecule has 0 N–H and O–H groups in total. The van der Waals surface area contributed by atoms with Gasteiger partial charge in [0.05, 0.1) is 11.3 Å². The SMILES string of the molecule is Cc1nn(C)c(C)c1C(=O)N(Cc1cccnc1)Cc1ccc2c(c1)OCO2. The summed E-state index contributed by atoms with van der Waals surface area (Å²) in [6.07, 6.45) is 3.51. The molecule has 2 aromatic heterocycles. The Bertz CT molecular complexity index is 1010. The highest BCUT2D eigenvalue weighted by atomic mass is 16.7. The summed E-state index contributed by atoms with van der Waals surface area (Å²) < 4.78 is 12.6. The molecule has 3 aromatic rings. The summed E-state index contributed by atoms with van der Waals surface area (Å²) in [5.41, 5.74) is 4.17. The molecule has 0 aliphatic carbocycles. The van der Waals surface area contributed by atoms with E-state index in [1.165, 1.54) is 0 Å². The first kappa shape index (κ1) is 18.0. The zero-order valence-corrected chi connectivity index (χ0v) is 16.2. The van der Waals surface area contributed by atoms with Gasteiger partial charge in [-0.2, -0.15) is 5.10 Å². The van der Waals surface area contributed by atoms with Gasteiger partial charge < -0.3 is 14.4 Å². The normalized spacial score (nSPS) is 12.2. The number of carbonyl (C=O) groups excluding carboxylic acids is 1. The molecule has 1 aromatic carbocycles. The van der Waals surface area contributed by atoms with Gasteiger partial charge in [-0.1, -0.05) is 12.1 Å². The Morgan fingerprint density at radius 3 is 2.64 bits per heavy atom. The summed E-state index contributed by atoms with van der Waals surface area (Å²) in [6, 6.07) is 9.61. The molecule has 0 saturated heterocycles. The van der Waals surface area contributed by atoms with Crippen LogP contribution >= 0.6 is 0 Å². The summed E-state index contributed by atoms with van der Waals surface area (Å²) in [5, 5.41) is 4.40. The molecule has 0 bridgehead atoms. The fourth-order valence-electron chi connectivity index (χ4n) is 3.41. The standard InChI is InChI=1S/C21H22N4O3/c1-14-20(15(2)24(3)23-14)21(26)25(12-17-5-4-8-22-10-17)11-16-6-7-18-19(9-16)28-13-27-18/h4-10H,11-13H2,1-3H3. The first-order chi connectivity index (χ1) is 13.5. The van der Waals surface area contributed by atoms with E-state index >= 15 is 0 Å². The molecule has 0 fully saturated rings. The number of pyridine rings is 1. The Kier molecular flexibility index (Phi) is 4.73. The molecule has 3 heterocycles. The maximum absolute atomic E-state index is 13.4. The van der Waals surface area contributed by atoms with Crippen LogP contribution in [0.5, 0.6) is 11.5 Å². The van der Waals surface area contributed by atoms with Gasteiger partial charge in [0.25, 0.3) is 5.91 Å². The molecule has 1 aliphatic heterocycles. The average molecular weight is 378 g/mol. The van der Waals surface area contributed by atoms with Gasteiger partial charge in [-0.25, -0.2) is 0 Å². The van der Waals surface area contributed by atoms with E-state index in [9.17, 15) is 4.79 Å². The molecule has 0 unspecified atom stereocenters. The summed E-state index contributed by atoms with van der Waals surface area (Å²) in [4.78, 5) is 19.4. The van der Waals surface area contributed by atoms with Crippen LogP contribution in [0.25, 0.3) is 0 Å². The minimum absolute atomic E-state index is 0.0513. The number of hydrogen-bond donors (Lipinski definition) is 0. The van der Waals surface area contributed by atoms with Crippen LogP contribution in [0.4, 0.5) is 0 Å². The summed E-state index contributed by atoms with van der Waals surface area (Å²) >= 11 is 0. The van der Waals surface area contributed by atoms with Crippen LogP contribution in [0.2, 0.25) is 0 Å². The van der Waals surface area contributed by atoms with Gasteiger partial charge in [-0.3, -0.25) is 14.5 Å². The number of benzene rings is 1. The number of aryl methyl sites for hydroxylation is 2. The van der Waals surface area contributed by atoms with E-state index in [-0.39, 0.29) is 12.7 Å². The number of hydrogen-bond acceptors (Lipinski definition) is 5. The molecule has 1 aliphatic rings. The molecular formula is C21H22N4O3. The monoisotopic (exact) mass is 378 g/mol. The quantitative estimate of drug-likeness (QED) is 0.683. The lowest BCUT2D eigenvalue weighted by Crippen LogP contribution is -2.31. The highest BCUT2D eigenvalue weighted by molar-refractivity contribution is 5.96. The smallest absolute Gasteiger partial charge is 0.258 e. The molecule has 7 heteroatoms. The zero-order valence-electron chi connectivity index (χ0n) is 16.2. The van der Waals surface area contributed by atoms with Gasteiger partial charge in [-0.05, 0) is 43.2 Å². The van der Waals surface area contributed by atoms with Crippen molar-refractivity contribution in [1.29, 1.82) is 0 Å². The largest absolute Gasteiger partial charge is 0.454 e. The lowest BCUT2D eigenvalue weighted by atomic mass is 10.1. The minimum atomic E-state index is -0.0513. The van der Waals surface area contributed by atoms with E-state index in [1.54, 1.807) is 17.1 Å². The molecule has 4 rings (SSSR count). The second kappa shape index (κ2) is 7.34. The first-order valence-corrected chi connectivity index (χ1v) is 9.10. The van der Waals surface area contributed by atoms with Crippen molar-refractivity contribution in [1.82, 2.24) is 19.7 Å². The zero-order chi connectivity index (χ0) is 19.7. The van der Waals surface area contributed by atoms with Crippen molar-refractivity contribution in [3.05, 3.63) is 70.8 Å². The highest BCUT2D eigenvalue weighted by Gasteiger charge is 2.24. The Balaban J connectivity index is 1.66. The van der Waals surface area contributed by atoms with Crippen molar-refractivity contribution < 1.29 is 14.3 Å². The van der Waals surface area contributed by atoms with Gasteiger partial charge in [0, 0.05) is 38.2 Å². The predicted molar refractivity (Wildman–Crippen MR) is 103 cm³/mol. The van der Waals surface area contributed by atoms with Crippen LogP contribution in [0.1, 0.15) is 32.9 Å². The molecule has 28 heavy (non-hydrogen) atoms. The van der Waals surface area contributed by atoms with Crippen molar-refractivity contribution in [2.45, 2.75) is 26.9 Å². The van der Waals surface area contributed by atoms with E-state index in [0.29, 0.717) is 24.4 Å². The van der Waals surface area contributed by atoms with Gasteiger partial charge in [0.15, 0.2) is 11.5 Å². The van der Waals surface area contributed by atoms with E-state index < -0.39 is 0 Å². The Morgan fingerprint density at radius 2 is 1.93 bits per heavy atom. The summed E-state index contributed by atoms with van der Waals surface area (Å²) in [7, 11) is 1.85. The molecular weight excluding hydrogens is 356 g/mol. The Hall–Kier alpha value is -3.35. The number of aromatic nitrogens is 3. The maximum atomic E-state index is 13.4. The molecule has 7 nitrogen and oxygen atoms in total. The van der Waals surface area contributed by atoms with Crippen molar-refractivity contribution in [2.24, 2.45) is 7.05 Å². The molecule has 0 atom stereocenters. The highest BCUT2D eigenvalue weighted by Crippen LogP contribution is 2.33. The summed E-state index contributed by atoms with van der Waals surface area (Å²) in [5.74, 6) is 1.39. The lowest BCUT2D eigenvalue weighted by molar-refractivity contribution is 0.0728. The molecule has 0 radical (unpaired) electrons. The molecule has 1 amide bonds. The van der Waals surface area contributed by atoms with Crippen LogP contribution < -0.4 is 9.47 Å². The van der Waals surface area contributed by atoms with E-state index in [0.717, 1.165) is 28.3 Å². The van der Waals surface area contributed by atoms with Crippen LogP contribution in [0.3, 0.4) is 0 Å². The van der Waals surface area contributed by atoms with Gasteiger partial charge in [-0.15, -0.1) is 0 Å². The van der Waals surface area contributed by atoms with Gasteiger partial charge in [0.1, 0.15) is 0 Å². The number of ether oxygens (including phenoxy) is 2. The first-order valence-electron chi connectivity index (χ1n) is 9.10. The van der Waals surface area contributed by atoms with Crippen molar-refractivity contribution >= 4 is 5.91 Å². The molecule has 0 saturated carbocycles. The summed E-state index contributed by atoms with van der Waals surface area (Å²) in [6.45, 7) is 4.90. The van der Waals surface area contributed by atoms with E-state index in [1.807, 2.05) is 56.1 Å². The third-order valence-electron chi connectivity index (χ3n) is 4.92.